The zero-order chi connectivity index (χ0) is 20.8. The van der Waals surface area contributed by atoms with Gasteiger partial charge in [0.05, 0.1) is 17.8 Å². The summed E-state index contributed by atoms with van der Waals surface area (Å²) in [6, 6.07) is 4.97. The Bertz CT molecular complexity index is 1060. The van der Waals surface area contributed by atoms with Gasteiger partial charge in [-0.15, -0.1) is 10.2 Å². The molecule has 30 heavy (non-hydrogen) atoms. The molecule has 1 aromatic carbocycles. The number of nitrogens with zero attached hydrogens (tertiary/aromatic N) is 6. The third-order valence-corrected chi connectivity index (χ3v) is 5.99. The van der Waals surface area contributed by atoms with Gasteiger partial charge in [-0.05, 0) is 31.4 Å². The van der Waals surface area contributed by atoms with E-state index in [0.717, 1.165) is 19.3 Å². The molecule has 3 aromatic rings. The second kappa shape index (κ2) is 7.28. The number of piperidine rings is 1. The van der Waals surface area contributed by atoms with Crippen molar-refractivity contribution in [3.8, 4) is 28.5 Å². The van der Waals surface area contributed by atoms with Crippen LogP contribution in [-0.2, 0) is 0 Å². The highest BCUT2D eigenvalue weighted by Crippen LogP contribution is 2.34. The summed E-state index contributed by atoms with van der Waals surface area (Å²) in [6.07, 6.45) is 3.22. The van der Waals surface area contributed by atoms with Crippen molar-refractivity contribution in [2.24, 2.45) is 0 Å². The number of anilines is 1. The SMILES string of the molecule is Cc1nc(-c2ccc(-c3ncc(N(C)[C@@H]4C[C@H]5CC[C@H](N5)[C@@H]4F)nn3)c(O)c2)no1. The number of aryl methyl sites for hydroxylation is 1. The number of hydrogen-bond donors (Lipinski definition) is 2. The zero-order valence-electron chi connectivity index (χ0n) is 16.7. The van der Waals surface area contributed by atoms with Crippen molar-refractivity contribution in [3.05, 3.63) is 30.3 Å². The molecule has 10 heteroatoms. The average molecular weight is 411 g/mol. The topological polar surface area (TPSA) is 113 Å². The lowest BCUT2D eigenvalue weighted by atomic mass is 9.96. The molecule has 0 amide bonds. The third-order valence-electron chi connectivity index (χ3n) is 5.99. The van der Waals surface area contributed by atoms with Crippen LogP contribution in [0.5, 0.6) is 5.75 Å². The largest absolute Gasteiger partial charge is 0.507 e. The van der Waals surface area contributed by atoms with E-state index >= 15 is 0 Å². The molecular formula is C20H22FN7O2. The van der Waals surface area contributed by atoms with E-state index in [9.17, 15) is 9.50 Å². The van der Waals surface area contributed by atoms with E-state index in [1.165, 1.54) is 6.07 Å². The Kier molecular flexibility index (Phi) is 4.58. The van der Waals surface area contributed by atoms with Gasteiger partial charge >= 0.3 is 0 Å². The Hall–Kier alpha value is -3.14. The standard InChI is InChI=1S/C20H22FN7O2/c1-10-23-19(27-30-10)11-3-5-13(16(29)7-11)20-22-9-17(25-26-20)28(2)15-8-12-4-6-14(24-12)18(15)21/h3,5,7,9,12,14-15,18,24,29H,4,6,8H2,1-2H3/t12-,14+,15-,18+/m1/s1. The molecule has 4 heterocycles. The van der Waals surface area contributed by atoms with E-state index in [4.69, 9.17) is 4.52 Å². The van der Waals surface area contributed by atoms with Gasteiger partial charge in [0.2, 0.25) is 11.7 Å². The Morgan fingerprint density at radius 2 is 2.10 bits per heavy atom. The normalized spacial score (nSPS) is 25.4. The van der Waals surface area contributed by atoms with Crippen LogP contribution in [-0.4, -0.2) is 61.8 Å². The van der Waals surface area contributed by atoms with Gasteiger partial charge in [-0.2, -0.15) is 4.98 Å². The smallest absolute Gasteiger partial charge is 0.223 e. The number of phenols is 1. The second-order valence-electron chi connectivity index (χ2n) is 7.91. The minimum absolute atomic E-state index is 0.0170. The number of benzene rings is 1. The molecule has 9 nitrogen and oxygen atoms in total. The number of alkyl halides is 1. The van der Waals surface area contributed by atoms with Crippen LogP contribution in [0.1, 0.15) is 25.2 Å². The van der Waals surface area contributed by atoms with E-state index in [1.54, 1.807) is 25.3 Å². The first-order chi connectivity index (χ1) is 14.5. The van der Waals surface area contributed by atoms with Crippen molar-refractivity contribution >= 4 is 5.82 Å². The summed E-state index contributed by atoms with van der Waals surface area (Å²) in [5.74, 6) is 1.60. The summed E-state index contributed by atoms with van der Waals surface area (Å²) in [5.41, 5.74) is 1.05. The zero-order valence-corrected chi connectivity index (χ0v) is 16.7. The first-order valence-corrected chi connectivity index (χ1v) is 9.96. The Morgan fingerprint density at radius 1 is 1.23 bits per heavy atom. The molecule has 2 aromatic heterocycles. The molecule has 2 N–H and O–H groups in total. The maximum atomic E-state index is 14.8. The van der Waals surface area contributed by atoms with Crippen LogP contribution >= 0.6 is 0 Å². The highest BCUT2D eigenvalue weighted by Gasteiger charge is 2.43. The summed E-state index contributed by atoms with van der Waals surface area (Å²) in [6.45, 7) is 1.70. The average Bonchev–Trinajstić information content (AvgIpc) is 3.37. The summed E-state index contributed by atoms with van der Waals surface area (Å²) in [7, 11) is 1.83. The van der Waals surface area contributed by atoms with E-state index < -0.39 is 6.17 Å². The first-order valence-electron chi connectivity index (χ1n) is 9.96. The van der Waals surface area contributed by atoms with E-state index in [1.807, 2.05) is 11.9 Å². The van der Waals surface area contributed by atoms with Crippen molar-refractivity contribution in [2.45, 2.75) is 50.5 Å². The number of rotatable bonds is 4. The van der Waals surface area contributed by atoms with Crippen LogP contribution in [0.2, 0.25) is 0 Å². The van der Waals surface area contributed by atoms with Gasteiger partial charge in [0, 0.05) is 31.6 Å². The number of halogens is 1. The molecule has 2 fully saturated rings. The molecule has 0 radical (unpaired) electrons. The highest BCUT2D eigenvalue weighted by atomic mass is 19.1. The van der Waals surface area contributed by atoms with Crippen molar-refractivity contribution in [2.75, 3.05) is 11.9 Å². The summed E-state index contributed by atoms with van der Waals surface area (Å²) >= 11 is 0. The van der Waals surface area contributed by atoms with Gasteiger partial charge in [0.25, 0.3) is 0 Å². The second-order valence-corrected chi connectivity index (χ2v) is 7.91. The van der Waals surface area contributed by atoms with Crippen molar-refractivity contribution < 1.29 is 14.0 Å². The molecule has 4 atom stereocenters. The van der Waals surface area contributed by atoms with Crippen molar-refractivity contribution in [1.82, 2.24) is 30.6 Å². The molecule has 156 valence electrons. The fourth-order valence-electron chi connectivity index (χ4n) is 4.35. The predicted molar refractivity (Wildman–Crippen MR) is 107 cm³/mol. The van der Waals surface area contributed by atoms with Crippen LogP contribution < -0.4 is 10.2 Å². The van der Waals surface area contributed by atoms with Gasteiger partial charge < -0.3 is 19.8 Å². The van der Waals surface area contributed by atoms with Crippen LogP contribution in [0, 0.1) is 6.92 Å². The van der Waals surface area contributed by atoms with E-state index in [-0.39, 0.29) is 23.7 Å². The molecule has 2 saturated heterocycles. The molecule has 0 aliphatic carbocycles. The fraction of sp³-hybridized carbons (Fsp3) is 0.450. The lowest BCUT2D eigenvalue weighted by Gasteiger charge is -2.38. The minimum atomic E-state index is -0.958. The number of phenolic OH excluding ortho intramolecular Hbond substituents is 1. The lowest BCUT2D eigenvalue weighted by molar-refractivity contribution is 0.176. The predicted octanol–water partition coefficient (Wildman–Crippen LogP) is 2.27. The summed E-state index contributed by atoms with van der Waals surface area (Å²) in [5, 5.41) is 26.0. The maximum absolute atomic E-state index is 14.8. The van der Waals surface area contributed by atoms with Gasteiger partial charge in [0.1, 0.15) is 11.9 Å². The van der Waals surface area contributed by atoms with Crippen molar-refractivity contribution in [1.29, 1.82) is 0 Å². The Labute approximate surface area is 172 Å². The number of aromatic nitrogens is 5. The molecule has 5 rings (SSSR count). The van der Waals surface area contributed by atoms with Gasteiger partial charge in [0.15, 0.2) is 11.6 Å². The fourth-order valence-corrected chi connectivity index (χ4v) is 4.35. The molecule has 2 aliphatic heterocycles. The third kappa shape index (κ3) is 3.26. The van der Waals surface area contributed by atoms with Gasteiger partial charge in [-0.1, -0.05) is 11.2 Å². The highest BCUT2D eigenvalue weighted by molar-refractivity contribution is 5.70. The quantitative estimate of drug-likeness (QED) is 0.667. The van der Waals surface area contributed by atoms with Crippen LogP contribution in [0.25, 0.3) is 22.8 Å². The molecule has 0 spiro atoms. The number of aromatic hydroxyl groups is 1. The van der Waals surface area contributed by atoms with Gasteiger partial charge in [-0.3, -0.25) is 0 Å². The van der Waals surface area contributed by atoms with Crippen molar-refractivity contribution in [3.63, 3.8) is 0 Å². The monoisotopic (exact) mass is 411 g/mol. The van der Waals surface area contributed by atoms with Crippen LogP contribution in [0.3, 0.4) is 0 Å². The van der Waals surface area contributed by atoms with E-state index in [2.05, 4.69) is 30.6 Å². The molecule has 0 saturated carbocycles. The Morgan fingerprint density at radius 3 is 2.80 bits per heavy atom. The molecule has 2 bridgehead atoms. The van der Waals surface area contributed by atoms with Crippen LogP contribution in [0.15, 0.2) is 28.9 Å². The van der Waals surface area contributed by atoms with Gasteiger partial charge in [-0.25, -0.2) is 9.37 Å². The van der Waals surface area contributed by atoms with E-state index in [0.29, 0.717) is 34.7 Å². The summed E-state index contributed by atoms with van der Waals surface area (Å²) in [4.78, 5) is 10.3. The molecular weight excluding hydrogens is 389 g/mol. The lowest BCUT2D eigenvalue weighted by Crippen LogP contribution is -2.55. The summed E-state index contributed by atoms with van der Waals surface area (Å²) < 4.78 is 19.8. The number of hydrogen-bond acceptors (Lipinski definition) is 9. The molecule has 0 unspecified atom stereocenters. The maximum Gasteiger partial charge on any atom is 0.223 e. The number of nitrogens with one attached hydrogen (secondary N) is 1. The first kappa shape index (κ1) is 18.9. The number of fused-ring (bicyclic) bond motifs is 2. The molecule has 2 aliphatic rings. The Balaban J connectivity index is 1.36. The van der Waals surface area contributed by atoms with Crippen LogP contribution in [0.4, 0.5) is 10.2 Å². The minimum Gasteiger partial charge on any atom is -0.507 e.